The van der Waals surface area contributed by atoms with Crippen LogP contribution in [0.2, 0.25) is 0 Å². The number of nitrogens with one attached hydrogen (secondary N) is 1. The van der Waals surface area contributed by atoms with E-state index in [0.717, 1.165) is 18.1 Å². The van der Waals surface area contributed by atoms with Crippen molar-refractivity contribution in [2.24, 2.45) is 0 Å². The van der Waals surface area contributed by atoms with Gasteiger partial charge in [0.1, 0.15) is 0 Å². The maximum absolute atomic E-state index is 4.50. The summed E-state index contributed by atoms with van der Waals surface area (Å²) in [5.41, 5.74) is 1.06. The minimum absolute atomic E-state index is 0.406. The van der Waals surface area contributed by atoms with E-state index >= 15 is 0 Å². The molecule has 2 aromatic heterocycles. The molecule has 0 aliphatic carbocycles. The van der Waals surface area contributed by atoms with E-state index in [1.54, 1.807) is 0 Å². The van der Waals surface area contributed by atoms with E-state index in [1.165, 1.54) is 11.3 Å². The molecule has 17 heavy (non-hydrogen) atoms. The van der Waals surface area contributed by atoms with Gasteiger partial charge in [-0.1, -0.05) is 19.4 Å². The number of imidazole rings is 1. The standard InChI is InChI=1S/C13H19N3S/c1-4-6-11(12-7-5-8-17-12)16-9-10(2)15-13(16)14-3/h5,7-9,11H,4,6H2,1-3H3,(H,14,15). The summed E-state index contributed by atoms with van der Waals surface area (Å²) in [6, 6.07) is 4.73. The van der Waals surface area contributed by atoms with Crippen LogP contribution >= 0.6 is 11.3 Å². The van der Waals surface area contributed by atoms with Crippen LogP contribution in [0.15, 0.2) is 23.7 Å². The van der Waals surface area contributed by atoms with Crippen molar-refractivity contribution in [2.75, 3.05) is 12.4 Å². The van der Waals surface area contributed by atoms with Crippen LogP contribution in [0.4, 0.5) is 5.95 Å². The fraction of sp³-hybridized carbons (Fsp3) is 0.462. The lowest BCUT2D eigenvalue weighted by Crippen LogP contribution is -2.11. The molecule has 1 unspecified atom stereocenters. The minimum atomic E-state index is 0.406. The Morgan fingerprint density at radius 2 is 2.35 bits per heavy atom. The fourth-order valence-electron chi connectivity index (χ4n) is 2.11. The first kappa shape index (κ1) is 12.2. The summed E-state index contributed by atoms with van der Waals surface area (Å²) in [6.45, 7) is 4.26. The third-order valence-corrected chi connectivity index (χ3v) is 3.82. The predicted molar refractivity (Wildman–Crippen MR) is 73.9 cm³/mol. The van der Waals surface area contributed by atoms with E-state index in [9.17, 15) is 0 Å². The molecule has 4 heteroatoms. The van der Waals surface area contributed by atoms with Crippen molar-refractivity contribution in [3.8, 4) is 0 Å². The molecule has 0 fully saturated rings. The number of anilines is 1. The molecule has 0 aliphatic rings. The monoisotopic (exact) mass is 249 g/mol. The maximum Gasteiger partial charge on any atom is 0.203 e. The van der Waals surface area contributed by atoms with Crippen LogP contribution in [0, 0.1) is 6.92 Å². The summed E-state index contributed by atoms with van der Waals surface area (Å²) in [6.07, 6.45) is 4.44. The Morgan fingerprint density at radius 3 is 2.94 bits per heavy atom. The molecule has 2 heterocycles. The number of hydrogen-bond acceptors (Lipinski definition) is 3. The van der Waals surface area contributed by atoms with Crippen molar-refractivity contribution in [2.45, 2.75) is 32.7 Å². The summed E-state index contributed by atoms with van der Waals surface area (Å²) in [4.78, 5) is 5.90. The molecule has 0 radical (unpaired) electrons. The second-order valence-electron chi connectivity index (χ2n) is 4.18. The number of nitrogens with zero attached hydrogens (tertiary/aromatic N) is 2. The van der Waals surface area contributed by atoms with Gasteiger partial charge in [-0.15, -0.1) is 11.3 Å². The van der Waals surface area contributed by atoms with Crippen molar-refractivity contribution >= 4 is 17.3 Å². The van der Waals surface area contributed by atoms with E-state index in [0.29, 0.717) is 6.04 Å². The van der Waals surface area contributed by atoms with Crippen LogP contribution < -0.4 is 5.32 Å². The summed E-state index contributed by atoms with van der Waals surface area (Å²) >= 11 is 1.82. The number of hydrogen-bond donors (Lipinski definition) is 1. The average molecular weight is 249 g/mol. The van der Waals surface area contributed by atoms with Crippen LogP contribution in [0.1, 0.15) is 36.4 Å². The van der Waals surface area contributed by atoms with E-state index < -0.39 is 0 Å². The van der Waals surface area contributed by atoms with Crippen molar-refractivity contribution < 1.29 is 0 Å². The van der Waals surface area contributed by atoms with Gasteiger partial charge in [0.2, 0.25) is 5.95 Å². The van der Waals surface area contributed by atoms with Gasteiger partial charge in [0.15, 0.2) is 0 Å². The molecule has 1 atom stereocenters. The van der Waals surface area contributed by atoms with Crippen LogP contribution in [0.3, 0.4) is 0 Å². The molecule has 92 valence electrons. The van der Waals surface area contributed by atoms with Crippen molar-refractivity contribution in [1.82, 2.24) is 9.55 Å². The molecule has 0 amide bonds. The number of aromatic nitrogens is 2. The lowest BCUT2D eigenvalue weighted by molar-refractivity contribution is 0.546. The number of aryl methyl sites for hydroxylation is 1. The van der Waals surface area contributed by atoms with Gasteiger partial charge in [0.05, 0.1) is 11.7 Å². The lowest BCUT2D eigenvalue weighted by atomic mass is 10.1. The number of rotatable bonds is 5. The maximum atomic E-state index is 4.50. The van der Waals surface area contributed by atoms with Gasteiger partial charge in [-0.2, -0.15) is 0 Å². The highest BCUT2D eigenvalue weighted by Crippen LogP contribution is 2.30. The third kappa shape index (κ3) is 2.52. The van der Waals surface area contributed by atoms with E-state index in [-0.39, 0.29) is 0 Å². The second kappa shape index (κ2) is 5.36. The van der Waals surface area contributed by atoms with Gasteiger partial charge in [-0.25, -0.2) is 4.98 Å². The van der Waals surface area contributed by atoms with Crippen LogP contribution in [0.5, 0.6) is 0 Å². The minimum Gasteiger partial charge on any atom is -0.359 e. The SMILES string of the molecule is CCCC(c1cccs1)n1cc(C)nc1NC. The molecular formula is C13H19N3S. The van der Waals surface area contributed by atoms with Crippen LogP contribution in [0.25, 0.3) is 0 Å². The highest BCUT2D eigenvalue weighted by atomic mass is 32.1. The molecule has 3 nitrogen and oxygen atoms in total. The average Bonchev–Trinajstić information content (AvgIpc) is 2.94. The Kier molecular flexibility index (Phi) is 3.84. The topological polar surface area (TPSA) is 29.9 Å². The summed E-state index contributed by atoms with van der Waals surface area (Å²) in [5.74, 6) is 0.953. The van der Waals surface area contributed by atoms with Gasteiger partial charge < -0.3 is 9.88 Å². The van der Waals surface area contributed by atoms with E-state index in [4.69, 9.17) is 0 Å². The zero-order valence-corrected chi connectivity index (χ0v) is 11.4. The van der Waals surface area contributed by atoms with Gasteiger partial charge in [-0.3, -0.25) is 0 Å². The Morgan fingerprint density at radius 1 is 1.53 bits per heavy atom. The molecule has 0 aliphatic heterocycles. The summed E-state index contributed by atoms with van der Waals surface area (Å²) in [7, 11) is 1.93. The molecule has 0 saturated heterocycles. The predicted octanol–water partition coefficient (Wildman–Crippen LogP) is 3.68. The first-order valence-corrected chi connectivity index (χ1v) is 6.90. The molecule has 2 rings (SSSR count). The first-order valence-electron chi connectivity index (χ1n) is 6.03. The van der Waals surface area contributed by atoms with Gasteiger partial charge >= 0.3 is 0 Å². The van der Waals surface area contributed by atoms with Crippen molar-refractivity contribution in [1.29, 1.82) is 0 Å². The smallest absolute Gasteiger partial charge is 0.203 e. The summed E-state index contributed by atoms with van der Waals surface area (Å²) < 4.78 is 2.25. The van der Waals surface area contributed by atoms with Crippen LogP contribution in [-0.4, -0.2) is 16.6 Å². The molecular weight excluding hydrogens is 230 g/mol. The Balaban J connectivity index is 2.38. The van der Waals surface area contributed by atoms with E-state index in [2.05, 4.69) is 45.5 Å². The normalized spacial score (nSPS) is 12.6. The number of thiophene rings is 1. The van der Waals surface area contributed by atoms with Gasteiger partial charge in [-0.05, 0) is 24.8 Å². The van der Waals surface area contributed by atoms with Gasteiger partial charge in [0, 0.05) is 18.1 Å². The molecule has 0 spiro atoms. The molecule has 0 saturated carbocycles. The third-order valence-electron chi connectivity index (χ3n) is 2.85. The molecule has 2 aromatic rings. The Bertz CT molecular complexity index is 459. The summed E-state index contributed by atoms with van der Waals surface area (Å²) in [5, 5.41) is 5.31. The van der Waals surface area contributed by atoms with Crippen LogP contribution in [-0.2, 0) is 0 Å². The van der Waals surface area contributed by atoms with Crippen molar-refractivity contribution in [3.63, 3.8) is 0 Å². The highest BCUT2D eigenvalue weighted by molar-refractivity contribution is 7.10. The Labute approximate surface area is 107 Å². The molecule has 0 bridgehead atoms. The van der Waals surface area contributed by atoms with E-state index in [1.807, 2.05) is 25.3 Å². The zero-order chi connectivity index (χ0) is 12.3. The van der Waals surface area contributed by atoms with Gasteiger partial charge in [0.25, 0.3) is 0 Å². The Hall–Kier alpha value is -1.29. The molecule has 0 aromatic carbocycles. The zero-order valence-electron chi connectivity index (χ0n) is 10.6. The highest BCUT2D eigenvalue weighted by Gasteiger charge is 2.17. The van der Waals surface area contributed by atoms with Crippen molar-refractivity contribution in [3.05, 3.63) is 34.3 Å². The quantitative estimate of drug-likeness (QED) is 0.876. The lowest BCUT2D eigenvalue weighted by Gasteiger charge is -2.18. The largest absolute Gasteiger partial charge is 0.359 e. The second-order valence-corrected chi connectivity index (χ2v) is 5.16. The fourth-order valence-corrected chi connectivity index (χ4v) is 2.97. The molecule has 1 N–H and O–H groups in total. The first-order chi connectivity index (χ1) is 8.26.